The van der Waals surface area contributed by atoms with E-state index in [1.807, 2.05) is 0 Å². The zero-order chi connectivity index (χ0) is 13.2. The molecule has 19 heavy (non-hydrogen) atoms. The van der Waals surface area contributed by atoms with Crippen molar-refractivity contribution in [2.45, 2.75) is 13.0 Å². The van der Waals surface area contributed by atoms with Crippen molar-refractivity contribution in [3.63, 3.8) is 0 Å². The minimum absolute atomic E-state index is 0.221. The van der Waals surface area contributed by atoms with Crippen molar-refractivity contribution in [2.24, 2.45) is 11.8 Å². The highest BCUT2D eigenvalue weighted by molar-refractivity contribution is 5.22. The number of ether oxygens (including phenoxy) is 1. The van der Waals surface area contributed by atoms with Crippen LogP contribution in [-0.2, 0) is 0 Å². The number of nitrogens with one attached hydrogen (secondary N) is 1. The topological polar surface area (TPSA) is 24.5 Å². The summed E-state index contributed by atoms with van der Waals surface area (Å²) < 4.78 is 18.4. The summed E-state index contributed by atoms with van der Waals surface area (Å²) in [4.78, 5) is 2.51. The standard InChI is InChI=1S/C15H21FN2O/c1-11-15-9-17-8-12(15)10-18(11)6-7-19-14-4-2-13(16)3-5-14/h2-5,11-12,15,17H,6-10H2,1H3. The van der Waals surface area contributed by atoms with Crippen LogP contribution in [0.5, 0.6) is 5.75 Å². The van der Waals surface area contributed by atoms with Gasteiger partial charge < -0.3 is 10.1 Å². The Morgan fingerprint density at radius 3 is 2.84 bits per heavy atom. The molecule has 1 aromatic rings. The van der Waals surface area contributed by atoms with Crippen LogP contribution in [-0.4, -0.2) is 43.7 Å². The van der Waals surface area contributed by atoms with Gasteiger partial charge in [0, 0.05) is 19.1 Å². The summed E-state index contributed by atoms with van der Waals surface area (Å²) in [6.07, 6.45) is 0. The third kappa shape index (κ3) is 2.74. The molecule has 1 N–H and O–H groups in total. The number of benzene rings is 1. The van der Waals surface area contributed by atoms with Crippen LogP contribution in [0.4, 0.5) is 4.39 Å². The highest BCUT2D eigenvalue weighted by Crippen LogP contribution is 2.31. The minimum atomic E-state index is -0.221. The molecule has 0 radical (unpaired) electrons. The molecule has 2 heterocycles. The van der Waals surface area contributed by atoms with E-state index in [2.05, 4.69) is 17.1 Å². The van der Waals surface area contributed by atoms with Crippen LogP contribution in [0.15, 0.2) is 24.3 Å². The molecule has 0 aliphatic carbocycles. The van der Waals surface area contributed by atoms with Gasteiger partial charge in [-0.3, -0.25) is 4.90 Å². The first-order chi connectivity index (χ1) is 9.24. The molecule has 2 aliphatic rings. The van der Waals surface area contributed by atoms with Crippen LogP contribution >= 0.6 is 0 Å². The number of nitrogens with zero attached hydrogens (tertiary/aromatic N) is 1. The van der Waals surface area contributed by atoms with Crippen molar-refractivity contribution in [1.82, 2.24) is 10.2 Å². The number of halogens is 1. The van der Waals surface area contributed by atoms with Gasteiger partial charge in [-0.15, -0.1) is 0 Å². The maximum absolute atomic E-state index is 12.8. The third-order valence-corrected chi connectivity index (χ3v) is 4.52. The Hall–Kier alpha value is -1.13. The van der Waals surface area contributed by atoms with Gasteiger partial charge >= 0.3 is 0 Å². The lowest BCUT2D eigenvalue weighted by molar-refractivity contribution is 0.189. The lowest BCUT2D eigenvalue weighted by Crippen LogP contribution is -2.36. The van der Waals surface area contributed by atoms with Gasteiger partial charge in [0.25, 0.3) is 0 Å². The zero-order valence-corrected chi connectivity index (χ0v) is 11.3. The molecule has 3 nitrogen and oxygen atoms in total. The van der Waals surface area contributed by atoms with Gasteiger partial charge in [-0.2, -0.15) is 0 Å². The third-order valence-electron chi connectivity index (χ3n) is 4.52. The van der Waals surface area contributed by atoms with Crippen molar-refractivity contribution < 1.29 is 9.13 Å². The lowest BCUT2D eigenvalue weighted by Gasteiger charge is -2.24. The second kappa shape index (κ2) is 5.47. The Bertz CT molecular complexity index is 423. The fourth-order valence-corrected chi connectivity index (χ4v) is 3.36. The summed E-state index contributed by atoms with van der Waals surface area (Å²) in [5.41, 5.74) is 0. The summed E-state index contributed by atoms with van der Waals surface area (Å²) >= 11 is 0. The number of likely N-dealkylation sites (tertiary alicyclic amines) is 1. The summed E-state index contributed by atoms with van der Waals surface area (Å²) in [5.74, 6) is 2.13. The van der Waals surface area contributed by atoms with Crippen molar-refractivity contribution in [1.29, 1.82) is 0 Å². The van der Waals surface area contributed by atoms with Crippen LogP contribution < -0.4 is 10.1 Å². The van der Waals surface area contributed by atoms with Crippen LogP contribution in [0.2, 0.25) is 0 Å². The van der Waals surface area contributed by atoms with E-state index in [-0.39, 0.29) is 5.82 Å². The van der Waals surface area contributed by atoms with Crippen molar-refractivity contribution in [3.05, 3.63) is 30.1 Å². The van der Waals surface area contributed by atoms with Gasteiger partial charge in [-0.25, -0.2) is 4.39 Å². The average molecular weight is 264 g/mol. The highest BCUT2D eigenvalue weighted by atomic mass is 19.1. The van der Waals surface area contributed by atoms with Gasteiger partial charge in [-0.05, 0) is 56.1 Å². The lowest BCUT2D eigenvalue weighted by atomic mass is 9.95. The molecule has 3 unspecified atom stereocenters. The molecular weight excluding hydrogens is 243 g/mol. The van der Waals surface area contributed by atoms with E-state index in [1.165, 1.54) is 18.7 Å². The Balaban J connectivity index is 1.46. The van der Waals surface area contributed by atoms with Crippen molar-refractivity contribution >= 4 is 0 Å². The molecule has 2 aliphatic heterocycles. The Labute approximate surface area is 113 Å². The fraction of sp³-hybridized carbons (Fsp3) is 0.600. The van der Waals surface area contributed by atoms with E-state index < -0.39 is 0 Å². The van der Waals surface area contributed by atoms with Crippen LogP contribution in [0.1, 0.15) is 6.92 Å². The molecule has 3 atom stereocenters. The second-order valence-electron chi connectivity index (χ2n) is 5.62. The van der Waals surface area contributed by atoms with Crippen LogP contribution in [0.25, 0.3) is 0 Å². The highest BCUT2D eigenvalue weighted by Gasteiger charge is 2.41. The van der Waals surface area contributed by atoms with E-state index in [9.17, 15) is 4.39 Å². The van der Waals surface area contributed by atoms with Gasteiger partial charge in [0.05, 0.1) is 0 Å². The summed E-state index contributed by atoms with van der Waals surface area (Å²) in [6, 6.07) is 6.87. The van der Waals surface area contributed by atoms with Crippen molar-refractivity contribution in [3.8, 4) is 5.75 Å². The monoisotopic (exact) mass is 264 g/mol. The maximum atomic E-state index is 12.8. The molecular formula is C15H21FN2O. The first kappa shape index (κ1) is 12.9. The molecule has 0 bridgehead atoms. The predicted octanol–water partition coefficient (Wildman–Crippen LogP) is 1.74. The first-order valence-electron chi connectivity index (χ1n) is 7.07. The van der Waals surface area contributed by atoms with Crippen molar-refractivity contribution in [2.75, 3.05) is 32.8 Å². The first-order valence-corrected chi connectivity index (χ1v) is 7.07. The molecule has 0 aromatic heterocycles. The Morgan fingerprint density at radius 1 is 1.32 bits per heavy atom. The minimum Gasteiger partial charge on any atom is -0.492 e. The molecule has 0 spiro atoms. The molecule has 0 amide bonds. The van der Waals surface area contributed by atoms with Gasteiger partial charge in [0.15, 0.2) is 0 Å². The smallest absolute Gasteiger partial charge is 0.123 e. The summed E-state index contributed by atoms with van der Waals surface area (Å²) in [5, 5.41) is 3.47. The van der Waals surface area contributed by atoms with Gasteiger partial charge in [0.1, 0.15) is 18.2 Å². The molecule has 0 saturated carbocycles. The summed E-state index contributed by atoms with van der Waals surface area (Å²) in [6.45, 7) is 7.42. The maximum Gasteiger partial charge on any atom is 0.123 e. The number of fused-ring (bicyclic) bond motifs is 1. The number of hydrogen-bond acceptors (Lipinski definition) is 3. The summed E-state index contributed by atoms with van der Waals surface area (Å²) in [7, 11) is 0. The predicted molar refractivity (Wildman–Crippen MR) is 72.8 cm³/mol. The molecule has 104 valence electrons. The van der Waals surface area contributed by atoms with Gasteiger partial charge in [-0.1, -0.05) is 0 Å². The SMILES string of the molecule is CC1C2CNCC2CN1CCOc1ccc(F)cc1. The van der Waals surface area contributed by atoms with Crippen LogP contribution in [0, 0.1) is 17.7 Å². The van der Waals surface area contributed by atoms with E-state index in [4.69, 9.17) is 4.74 Å². The Kier molecular flexibility index (Phi) is 3.71. The van der Waals surface area contributed by atoms with E-state index in [0.29, 0.717) is 12.6 Å². The largest absolute Gasteiger partial charge is 0.492 e. The van der Waals surface area contributed by atoms with E-state index >= 15 is 0 Å². The van der Waals surface area contributed by atoms with Gasteiger partial charge in [0.2, 0.25) is 0 Å². The van der Waals surface area contributed by atoms with E-state index in [1.54, 1.807) is 12.1 Å². The van der Waals surface area contributed by atoms with E-state index in [0.717, 1.165) is 37.2 Å². The molecule has 1 aromatic carbocycles. The Morgan fingerprint density at radius 2 is 2.11 bits per heavy atom. The normalized spacial score (nSPS) is 30.5. The fourth-order valence-electron chi connectivity index (χ4n) is 3.36. The molecule has 4 heteroatoms. The number of rotatable bonds is 4. The second-order valence-corrected chi connectivity index (χ2v) is 5.62. The molecule has 3 rings (SSSR count). The average Bonchev–Trinajstić information content (AvgIpc) is 2.97. The molecule has 2 fully saturated rings. The molecule has 2 saturated heterocycles. The zero-order valence-electron chi connectivity index (χ0n) is 11.3. The quantitative estimate of drug-likeness (QED) is 0.896. The number of hydrogen-bond donors (Lipinski definition) is 1. The van der Waals surface area contributed by atoms with Crippen LogP contribution in [0.3, 0.4) is 0 Å².